The van der Waals surface area contributed by atoms with E-state index < -0.39 is 6.04 Å². The Labute approximate surface area is 260 Å². The summed E-state index contributed by atoms with van der Waals surface area (Å²) in [5.41, 5.74) is 9.65. The van der Waals surface area contributed by atoms with Crippen LogP contribution >= 0.6 is 0 Å². The van der Waals surface area contributed by atoms with Crippen LogP contribution in [-0.2, 0) is 17.8 Å². The number of rotatable bonds is 10. The fraction of sp³-hybridized carbons (Fsp3) is 0.417. The van der Waals surface area contributed by atoms with Crippen LogP contribution in [0.5, 0.6) is 5.75 Å². The molecule has 1 aliphatic heterocycles. The Bertz CT molecular complexity index is 1430. The van der Waals surface area contributed by atoms with Crippen molar-refractivity contribution < 1.29 is 14.3 Å². The molecular weight excluding hydrogens is 550 g/mol. The molecule has 0 radical (unpaired) electrons. The second-order valence-electron chi connectivity index (χ2n) is 12.1. The van der Waals surface area contributed by atoms with Crippen LogP contribution in [-0.4, -0.2) is 66.0 Å². The first-order valence-corrected chi connectivity index (χ1v) is 15.7. The third kappa shape index (κ3) is 8.04. The summed E-state index contributed by atoms with van der Waals surface area (Å²) in [4.78, 5) is 32.1. The number of ether oxygens (including phenoxy) is 1. The van der Waals surface area contributed by atoms with E-state index in [0.29, 0.717) is 36.4 Å². The quantitative estimate of drug-likeness (QED) is 0.353. The van der Waals surface area contributed by atoms with E-state index in [0.717, 1.165) is 50.6 Å². The van der Waals surface area contributed by atoms with Crippen LogP contribution in [0.15, 0.2) is 78.9 Å². The third-order valence-corrected chi connectivity index (χ3v) is 9.09. The number of amides is 2. The highest BCUT2D eigenvalue weighted by atomic mass is 16.5. The molecule has 44 heavy (non-hydrogen) atoms. The highest BCUT2D eigenvalue weighted by Gasteiger charge is 2.39. The summed E-state index contributed by atoms with van der Waals surface area (Å²) < 4.78 is 5.37. The van der Waals surface area contributed by atoms with Crippen molar-refractivity contribution in [3.05, 3.63) is 101 Å². The lowest BCUT2D eigenvalue weighted by molar-refractivity contribution is -0.128. The van der Waals surface area contributed by atoms with Crippen LogP contribution in [0.1, 0.15) is 65.6 Å². The van der Waals surface area contributed by atoms with E-state index >= 15 is 0 Å². The van der Waals surface area contributed by atoms with Crippen LogP contribution < -0.4 is 15.8 Å². The molecule has 3 aromatic carbocycles. The molecule has 5 rings (SSSR count). The van der Waals surface area contributed by atoms with E-state index in [1.807, 2.05) is 42.5 Å². The number of carbonyl (C=O) groups excluding carboxylic acids is 2. The van der Waals surface area contributed by atoms with Gasteiger partial charge in [0.1, 0.15) is 11.8 Å². The van der Waals surface area contributed by atoms with Crippen LogP contribution in [0, 0.1) is 11.3 Å². The van der Waals surface area contributed by atoms with Gasteiger partial charge in [-0.25, -0.2) is 0 Å². The number of methoxy groups -OCH3 is 1. The van der Waals surface area contributed by atoms with Crippen molar-refractivity contribution in [1.82, 2.24) is 15.1 Å². The molecule has 1 unspecified atom stereocenters. The molecular formula is C36H43N5O3. The fourth-order valence-corrected chi connectivity index (χ4v) is 6.48. The van der Waals surface area contributed by atoms with Crippen LogP contribution in [0.25, 0.3) is 0 Å². The van der Waals surface area contributed by atoms with Crippen LogP contribution in [0.2, 0.25) is 0 Å². The Balaban J connectivity index is 1.39. The molecule has 8 heteroatoms. The summed E-state index contributed by atoms with van der Waals surface area (Å²) in [6.45, 7) is 1.98. The van der Waals surface area contributed by atoms with Crippen molar-refractivity contribution in [3.63, 3.8) is 0 Å². The van der Waals surface area contributed by atoms with Crippen LogP contribution in [0.3, 0.4) is 0 Å². The van der Waals surface area contributed by atoms with Gasteiger partial charge < -0.3 is 20.7 Å². The van der Waals surface area contributed by atoms with Gasteiger partial charge in [-0.1, -0.05) is 48.5 Å². The third-order valence-electron chi connectivity index (χ3n) is 9.09. The highest BCUT2D eigenvalue weighted by Crippen LogP contribution is 2.28. The van der Waals surface area contributed by atoms with Gasteiger partial charge in [0.25, 0.3) is 5.91 Å². The predicted molar refractivity (Wildman–Crippen MR) is 171 cm³/mol. The number of nitriles is 1. The second kappa shape index (κ2) is 15.0. The number of carbonyl (C=O) groups is 2. The van der Waals surface area contributed by atoms with Crippen molar-refractivity contribution in [1.29, 1.82) is 5.26 Å². The van der Waals surface area contributed by atoms with Gasteiger partial charge in [0, 0.05) is 43.3 Å². The summed E-state index contributed by atoms with van der Waals surface area (Å²) >= 11 is 0. The van der Waals surface area contributed by atoms with E-state index in [-0.39, 0.29) is 29.9 Å². The van der Waals surface area contributed by atoms with Crippen molar-refractivity contribution in [2.75, 3.05) is 20.2 Å². The minimum absolute atomic E-state index is 0.0734. The number of nitrogens with zero attached hydrogens (tertiary/aromatic N) is 3. The number of nitrogens with two attached hydrogens (primary N) is 1. The van der Waals surface area contributed by atoms with Gasteiger partial charge in [0.2, 0.25) is 5.91 Å². The molecule has 3 N–H and O–H groups in total. The van der Waals surface area contributed by atoms with Gasteiger partial charge in [0.05, 0.1) is 18.7 Å². The van der Waals surface area contributed by atoms with Crippen molar-refractivity contribution >= 4 is 11.8 Å². The summed E-state index contributed by atoms with van der Waals surface area (Å²) in [5.74, 6) is 0.365. The van der Waals surface area contributed by atoms with Gasteiger partial charge in [-0.05, 0) is 86.4 Å². The average molecular weight is 594 g/mol. The molecule has 2 fully saturated rings. The summed E-state index contributed by atoms with van der Waals surface area (Å²) in [6.07, 6.45) is 5.66. The molecule has 0 bridgehead atoms. The number of hydrogen-bond acceptors (Lipinski definition) is 6. The van der Waals surface area contributed by atoms with Gasteiger partial charge in [0.15, 0.2) is 0 Å². The lowest BCUT2D eigenvalue weighted by Gasteiger charge is -2.43. The number of likely N-dealkylation sites (tertiary alicyclic amines) is 1. The van der Waals surface area contributed by atoms with Crippen LogP contribution in [0.4, 0.5) is 0 Å². The van der Waals surface area contributed by atoms with E-state index in [9.17, 15) is 14.9 Å². The predicted octanol–water partition coefficient (Wildman–Crippen LogP) is 4.67. The first-order valence-electron chi connectivity index (χ1n) is 15.7. The largest absolute Gasteiger partial charge is 0.497 e. The Kier molecular flexibility index (Phi) is 10.7. The van der Waals surface area contributed by atoms with Crippen molar-refractivity contribution in [3.8, 4) is 11.8 Å². The Morgan fingerprint density at radius 2 is 1.73 bits per heavy atom. The molecule has 1 heterocycles. The number of hydrogen-bond donors (Lipinski definition) is 2. The summed E-state index contributed by atoms with van der Waals surface area (Å²) in [7, 11) is 1.58. The Hall–Kier alpha value is -4.19. The maximum Gasteiger partial charge on any atom is 0.254 e. The van der Waals surface area contributed by atoms with Gasteiger partial charge in [-0.15, -0.1) is 0 Å². The standard InChI is InChI=1S/C36H43N5O3/c1-44-33-9-5-8-29(22-33)36(43)41-21-19-32(23-34(41)35(42)39-31-16-14-30(38)15-17-31)40(20-18-26-6-3-2-4-7-26)25-28-12-10-27(24-37)11-13-28/h2-13,22,30-32,34H,14-21,23,25,38H2,1H3,(H,39,42)/t30?,31?,32?,34-/m1/s1. The van der Waals surface area contributed by atoms with E-state index in [2.05, 4.69) is 40.6 Å². The monoisotopic (exact) mass is 593 g/mol. The van der Waals surface area contributed by atoms with Gasteiger partial charge in [-0.3, -0.25) is 14.5 Å². The zero-order valence-electron chi connectivity index (χ0n) is 25.5. The molecule has 2 amide bonds. The summed E-state index contributed by atoms with van der Waals surface area (Å²) in [6, 6.07) is 27.2. The SMILES string of the molecule is COc1cccc(C(=O)N2CCC(N(CCc3ccccc3)Cc3ccc(C#N)cc3)C[C@@H]2C(=O)NC2CCC(N)CC2)c1. The molecule has 2 aliphatic rings. The first kappa shape index (κ1) is 31.2. The van der Waals surface area contributed by atoms with Gasteiger partial charge in [-0.2, -0.15) is 5.26 Å². The number of piperidine rings is 1. The topological polar surface area (TPSA) is 112 Å². The molecule has 1 aliphatic carbocycles. The molecule has 0 spiro atoms. The van der Waals surface area contributed by atoms with Gasteiger partial charge >= 0.3 is 0 Å². The molecule has 1 saturated heterocycles. The normalized spacial score (nSPS) is 21.8. The molecule has 3 aromatic rings. The first-order chi connectivity index (χ1) is 21.4. The number of nitrogens with one attached hydrogen (secondary N) is 1. The van der Waals surface area contributed by atoms with E-state index in [1.165, 1.54) is 5.56 Å². The lowest BCUT2D eigenvalue weighted by atomic mass is 9.90. The lowest BCUT2D eigenvalue weighted by Crippen LogP contribution is -2.58. The molecule has 2 atom stereocenters. The molecule has 1 saturated carbocycles. The second-order valence-corrected chi connectivity index (χ2v) is 12.1. The van der Waals surface area contributed by atoms with Crippen molar-refractivity contribution in [2.24, 2.45) is 5.73 Å². The highest BCUT2D eigenvalue weighted by molar-refractivity contribution is 5.98. The zero-order chi connectivity index (χ0) is 30.9. The van der Waals surface area contributed by atoms with E-state index in [1.54, 1.807) is 24.1 Å². The fourth-order valence-electron chi connectivity index (χ4n) is 6.48. The zero-order valence-corrected chi connectivity index (χ0v) is 25.5. The average Bonchev–Trinajstić information content (AvgIpc) is 3.07. The maximum absolute atomic E-state index is 14.0. The Morgan fingerprint density at radius 3 is 2.43 bits per heavy atom. The van der Waals surface area contributed by atoms with Crippen molar-refractivity contribution in [2.45, 2.75) is 75.7 Å². The summed E-state index contributed by atoms with van der Waals surface area (Å²) in [5, 5.41) is 12.6. The maximum atomic E-state index is 14.0. The van der Waals surface area contributed by atoms with E-state index in [4.69, 9.17) is 10.5 Å². The molecule has 230 valence electrons. The molecule has 0 aromatic heterocycles. The minimum atomic E-state index is -0.594. The minimum Gasteiger partial charge on any atom is -0.497 e. The smallest absolute Gasteiger partial charge is 0.254 e. The Morgan fingerprint density at radius 1 is 0.977 bits per heavy atom. The molecule has 8 nitrogen and oxygen atoms in total. The number of benzene rings is 3.